The fraction of sp³-hybridized carbons (Fsp3) is 0.750. The number of hydrogen-bond donors (Lipinski definition) is 1. The van der Waals surface area contributed by atoms with Crippen LogP contribution in [0.3, 0.4) is 0 Å². The number of aliphatic hydroxyl groups is 1. The topological polar surface area (TPSA) is 46.5 Å². The molecular formula is C20H30O3. The van der Waals surface area contributed by atoms with Crippen molar-refractivity contribution in [2.24, 2.45) is 28.1 Å². The maximum Gasteiger partial charge on any atom is 0.333 e. The zero-order valence-electron chi connectivity index (χ0n) is 15.2. The van der Waals surface area contributed by atoms with E-state index >= 15 is 0 Å². The molecule has 3 nitrogen and oxygen atoms in total. The third kappa shape index (κ3) is 1.77. The zero-order chi connectivity index (χ0) is 17.2. The van der Waals surface area contributed by atoms with Crippen molar-refractivity contribution in [3.8, 4) is 0 Å². The van der Waals surface area contributed by atoms with Crippen LogP contribution >= 0.6 is 0 Å². The van der Waals surface area contributed by atoms with Crippen LogP contribution in [0, 0.1) is 28.1 Å². The van der Waals surface area contributed by atoms with Crippen molar-refractivity contribution in [2.45, 2.75) is 66.6 Å². The molecule has 0 aromatic heterocycles. The smallest absolute Gasteiger partial charge is 0.333 e. The number of carbonyl (C=O) groups is 1. The van der Waals surface area contributed by atoms with Crippen molar-refractivity contribution in [1.29, 1.82) is 0 Å². The summed E-state index contributed by atoms with van der Waals surface area (Å²) in [6.07, 6.45) is 7.44. The fourth-order valence-electron chi connectivity index (χ4n) is 6.23. The SMILES string of the molecule is CC=C(C)C(=O)OC1C(C)(C)C2CCC(C)C23C=CC(O)C13C. The first-order valence-corrected chi connectivity index (χ1v) is 8.85. The van der Waals surface area contributed by atoms with Crippen LogP contribution in [0.4, 0.5) is 0 Å². The molecule has 3 aliphatic rings. The van der Waals surface area contributed by atoms with Gasteiger partial charge in [-0.15, -0.1) is 0 Å². The van der Waals surface area contributed by atoms with Gasteiger partial charge >= 0.3 is 5.97 Å². The van der Waals surface area contributed by atoms with Crippen LogP contribution in [0.15, 0.2) is 23.8 Å². The highest BCUT2D eigenvalue weighted by molar-refractivity contribution is 5.87. The first-order valence-electron chi connectivity index (χ1n) is 8.85. The Morgan fingerprint density at radius 3 is 2.57 bits per heavy atom. The lowest BCUT2D eigenvalue weighted by Crippen LogP contribution is -2.50. The Balaban J connectivity index is 2.09. The molecule has 3 aliphatic carbocycles. The Morgan fingerprint density at radius 1 is 1.30 bits per heavy atom. The number of esters is 1. The highest BCUT2D eigenvalue weighted by Crippen LogP contribution is 2.76. The largest absolute Gasteiger partial charge is 0.458 e. The van der Waals surface area contributed by atoms with E-state index in [0.717, 1.165) is 6.42 Å². The van der Waals surface area contributed by atoms with Gasteiger partial charge in [0.25, 0.3) is 0 Å². The Bertz CT molecular complexity index is 588. The van der Waals surface area contributed by atoms with E-state index in [9.17, 15) is 9.90 Å². The molecule has 0 aliphatic heterocycles. The molecule has 23 heavy (non-hydrogen) atoms. The molecule has 2 fully saturated rings. The molecule has 0 bridgehead atoms. The van der Waals surface area contributed by atoms with Crippen molar-refractivity contribution in [2.75, 3.05) is 0 Å². The summed E-state index contributed by atoms with van der Waals surface area (Å²) >= 11 is 0. The lowest BCUT2D eigenvalue weighted by Gasteiger charge is -2.45. The second-order valence-electron chi connectivity index (χ2n) is 8.63. The summed E-state index contributed by atoms with van der Waals surface area (Å²) in [5.41, 5.74) is -0.0237. The third-order valence-electron chi connectivity index (χ3n) is 7.48. The van der Waals surface area contributed by atoms with E-state index in [2.05, 4.69) is 33.8 Å². The van der Waals surface area contributed by atoms with E-state index in [-0.39, 0.29) is 22.9 Å². The second-order valence-corrected chi connectivity index (χ2v) is 8.63. The Labute approximate surface area is 139 Å². The minimum atomic E-state index is -0.559. The molecule has 6 atom stereocenters. The number of ether oxygens (including phenoxy) is 1. The summed E-state index contributed by atoms with van der Waals surface area (Å²) in [4.78, 5) is 12.5. The molecule has 0 aromatic carbocycles. The molecule has 6 unspecified atom stereocenters. The van der Waals surface area contributed by atoms with Crippen LogP contribution in [-0.4, -0.2) is 23.3 Å². The van der Waals surface area contributed by atoms with E-state index < -0.39 is 11.5 Å². The summed E-state index contributed by atoms with van der Waals surface area (Å²) in [6.45, 7) is 12.5. The van der Waals surface area contributed by atoms with Crippen LogP contribution in [0.5, 0.6) is 0 Å². The lowest BCUT2D eigenvalue weighted by molar-refractivity contribution is -0.165. The Hall–Kier alpha value is -1.09. The van der Waals surface area contributed by atoms with Crippen LogP contribution < -0.4 is 0 Å². The van der Waals surface area contributed by atoms with Gasteiger partial charge in [-0.25, -0.2) is 4.79 Å². The van der Waals surface area contributed by atoms with Gasteiger partial charge in [-0.2, -0.15) is 0 Å². The number of rotatable bonds is 2. The zero-order valence-corrected chi connectivity index (χ0v) is 15.2. The average Bonchev–Trinajstić information content (AvgIpc) is 3.02. The quantitative estimate of drug-likeness (QED) is 0.477. The maximum absolute atomic E-state index is 12.5. The molecule has 1 N–H and O–H groups in total. The first-order chi connectivity index (χ1) is 10.6. The molecule has 3 heteroatoms. The minimum Gasteiger partial charge on any atom is -0.458 e. The molecule has 0 amide bonds. The van der Waals surface area contributed by atoms with E-state index in [1.165, 1.54) is 6.42 Å². The molecule has 0 aromatic rings. The summed E-state index contributed by atoms with van der Waals surface area (Å²) < 4.78 is 6.04. The van der Waals surface area contributed by atoms with E-state index in [0.29, 0.717) is 17.4 Å². The van der Waals surface area contributed by atoms with Crippen molar-refractivity contribution in [1.82, 2.24) is 0 Å². The van der Waals surface area contributed by atoms with Gasteiger partial charge in [0.1, 0.15) is 6.10 Å². The van der Waals surface area contributed by atoms with Crippen LogP contribution in [0.1, 0.15) is 54.4 Å². The predicted octanol–water partition coefficient (Wildman–Crippen LogP) is 3.87. The van der Waals surface area contributed by atoms with Gasteiger partial charge < -0.3 is 9.84 Å². The molecule has 0 saturated heterocycles. The van der Waals surface area contributed by atoms with Gasteiger partial charge in [-0.05, 0) is 38.5 Å². The van der Waals surface area contributed by atoms with Crippen LogP contribution in [-0.2, 0) is 9.53 Å². The number of allylic oxidation sites excluding steroid dienone is 2. The van der Waals surface area contributed by atoms with Gasteiger partial charge in [-0.1, -0.05) is 45.9 Å². The van der Waals surface area contributed by atoms with Crippen molar-refractivity contribution in [3.63, 3.8) is 0 Å². The van der Waals surface area contributed by atoms with Gasteiger partial charge in [0.15, 0.2) is 0 Å². The van der Waals surface area contributed by atoms with E-state index in [1.807, 2.05) is 13.0 Å². The minimum absolute atomic E-state index is 0.0648. The highest BCUT2D eigenvalue weighted by Gasteiger charge is 2.76. The standard InChI is InChI=1S/C20H30O3/c1-7-12(2)16(22)23-17-18(4,5)14-9-8-13(3)20(14)11-10-15(21)19(17,20)6/h7,10-11,13-15,17,21H,8-9H2,1-6H3. The van der Waals surface area contributed by atoms with Gasteiger partial charge in [0.2, 0.25) is 0 Å². The molecule has 2 saturated carbocycles. The second kappa shape index (κ2) is 4.95. The van der Waals surface area contributed by atoms with Gasteiger partial charge in [0, 0.05) is 21.8 Å². The number of carbonyl (C=O) groups excluding carboxylic acids is 1. The van der Waals surface area contributed by atoms with Crippen molar-refractivity contribution >= 4 is 5.97 Å². The van der Waals surface area contributed by atoms with E-state index in [4.69, 9.17) is 4.74 Å². The normalized spacial score (nSPS) is 47.5. The first kappa shape index (κ1) is 16.8. The fourth-order valence-corrected chi connectivity index (χ4v) is 6.23. The Morgan fingerprint density at radius 2 is 1.96 bits per heavy atom. The summed E-state index contributed by atoms with van der Waals surface area (Å²) in [5, 5.41) is 10.8. The molecule has 128 valence electrons. The lowest BCUT2D eigenvalue weighted by atomic mass is 9.61. The van der Waals surface area contributed by atoms with Crippen molar-refractivity contribution in [3.05, 3.63) is 23.8 Å². The highest BCUT2D eigenvalue weighted by atomic mass is 16.5. The number of hydrogen-bond acceptors (Lipinski definition) is 3. The average molecular weight is 318 g/mol. The Kier molecular flexibility index (Phi) is 3.61. The molecule has 3 rings (SSSR count). The monoisotopic (exact) mass is 318 g/mol. The summed E-state index contributed by atoms with van der Waals surface area (Å²) in [6, 6.07) is 0. The van der Waals surface area contributed by atoms with Crippen molar-refractivity contribution < 1.29 is 14.6 Å². The molecular weight excluding hydrogens is 288 g/mol. The van der Waals surface area contributed by atoms with Crippen LogP contribution in [0.25, 0.3) is 0 Å². The number of aliphatic hydroxyl groups excluding tert-OH is 1. The predicted molar refractivity (Wildman–Crippen MR) is 90.7 cm³/mol. The van der Waals surface area contributed by atoms with Crippen LogP contribution in [0.2, 0.25) is 0 Å². The maximum atomic E-state index is 12.5. The van der Waals surface area contributed by atoms with Gasteiger partial charge in [0.05, 0.1) is 6.10 Å². The molecule has 0 radical (unpaired) electrons. The molecule has 0 heterocycles. The summed E-state index contributed by atoms with van der Waals surface area (Å²) in [7, 11) is 0. The van der Waals surface area contributed by atoms with E-state index in [1.54, 1.807) is 13.0 Å². The molecule has 1 spiro atoms. The summed E-state index contributed by atoms with van der Waals surface area (Å²) in [5.74, 6) is 0.678. The third-order valence-corrected chi connectivity index (χ3v) is 7.48. The van der Waals surface area contributed by atoms with Gasteiger partial charge in [-0.3, -0.25) is 0 Å².